The van der Waals surface area contributed by atoms with Gasteiger partial charge in [-0.15, -0.1) is 0 Å². The Morgan fingerprint density at radius 2 is 2.28 bits per heavy atom. The van der Waals surface area contributed by atoms with Crippen LogP contribution in [0.1, 0.15) is 12.0 Å². The van der Waals surface area contributed by atoms with Crippen LogP contribution in [-0.2, 0) is 11.3 Å². The topological polar surface area (TPSA) is 32.7 Å². The van der Waals surface area contributed by atoms with Crippen LogP contribution in [0.25, 0.3) is 0 Å². The first-order chi connectivity index (χ1) is 8.76. The summed E-state index contributed by atoms with van der Waals surface area (Å²) >= 11 is 0. The Bertz CT molecular complexity index is 445. The molecule has 0 aliphatic carbocycles. The molecule has 18 heavy (non-hydrogen) atoms. The van der Waals surface area contributed by atoms with Crippen LogP contribution in [0.15, 0.2) is 29.8 Å². The van der Waals surface area contributed by atoms with Crippen LogP contribution in [0.5, 0.6) is 0 Å². The highest BCUT2D eigenvalue weighted by molar-refractivity contribution is 5.55. The highest BCUT2D eigenvalue weighted by Gasteiger charge is 2.16. The van der Waals surface area contributed by atoms with Gasteiger partial charge in [-0.3, -0.25) is 0 Å². The van der Waals surface area contributed by atoms with Gasteiger partial charge >= 0.3 is 0 Å². The van der Waals surface area contributed by atoms with Crippen LogP contribution in [0.4, 0.5) is 10.1 Å². The van der Waals surface area contributed by atoms with Gasteiger partial charge in [-0.25, -0.2) is 4.39 Å². The van der Waals surface area contributed by atoms with Crippen LogP contribution in [0.2, 0.25) is 0 Å². The van der Waals surface area contributed by atoms with Gasteiger partial charge in [0.25, 0.3) is 0 Å². The Morgan fingerprint density at radius 1 is 1.44 bits per heavy atom. The molecule has 0 aromatic heterocycles. The predicted molar refractivity (Wildman–Crippen MR) is 69.1 cm³/mol. The number of aliphatic hydroxyl groups is 1. The molecule has 1 aromatic rings. The fraction of sp³-hybridized carbons (Fsp3) is 0.429. The Kier molecular flexibility index (Phi) is 4.33. The predicted octanol–water partition coefficient (Wildman–Crippen LogP) is 2.10. The number of ether oxygens (including phenoxy) is 1. The molecule has 1 aromatic carbocycles. The van der Waals surface area contributed by atoms with Crippen LogP contribution >= 0.6 is 0 Å². The average molecular weight is 251 g/mol. The molecule has 0 atom stereocenters. The van der Waals surface area contributed by atoms with Gasteiger partial charge in [0, 0.05) is 31.5 Å². The third-order valence-electron chi connectivity index (χ3n) is 3.23. The largest absolute Gasteiger partial charge is 0.391 e. The first kappa shape index (κ1) is 13.1. The molecule has 0 radical (unpaired) electrons. The number of nitrogens with zero attached hydrogens (tertiary/aromatic N) is 1. The molecule has 1 aliphatic rings. The second-order valence-electron chi connectivity index (χ2n) is 4.39. The van der Waals surface area contributed by atoms with E-state index < -0.39 is 0 Å². The van der Waals surface area contributed by atoms with Crippen molar-refractivity contribution in [3.05, 3.63) is 41.2 Å². The lowest BCUT2D eigenvalue weighted by molar-refractivity contribution is 0.222. The first-order valence-corrected chi connectivity index (χ1v) is 6.06. The van der Waals surface area contributed by atoms with Gasteiger partial charge in [0.05, 0.1) is 13.2 Å². The summed E-state index contributed by atoms with van der Waals surface area (Å²) in [7, 11) is 1.68. The lowest BCUT2D eigenvalue weighted by atomic mass is 10.1. The molecular weight excluding hydrogens is 233 g/mol. The van der Waals surface area contributed by atoms with Gasteiger partial charge in [-0.2, -0.15) is 0 Å². The molecule has 0 spiro atoms. The van der Waals surface area contributed by atoms with E-state index in [1.165, 1.54) is 11.6 Å². The van der Waals surface area contributed by atoms with E-state index >= 15 is 0 Å². The normalized spacial score (nSPS) is 15.7. The van der Waals surface area contributed by atoms with Crippen LogP contribution < -0.4 is 4.90 Å². The Labute approximate surface area is 106 Å². The van der Waals surface area contributed by atoms with Crippen LogP contribution in [-0.4, -0.2) is 31.9 Å². The van der Waals surface area contributed by atoms with E-state index in [-0.39, 0.29) is 12.4 Å². The summed E-state index contributed by atoms with van der Waals surface area (Å²) in [6, 6.07) is 4.91. The van der Waals surface area contributed by atoms with Crippen molar-refractivity contribution < 1.29 is 14.2 Å². The smallest absolute Gasteiger partial charge is 0.130 e. The van der Waals surface area contributed by atoms with Gasteiger partial charge in [-0.1, -0.05) is 12.1 Å². The first-order valence-electron chi connectivity index (χ1n) is 6.06. The molecule has 98 valence electrons. The number of aliphatic hydroxyl groups excluding tert-OH is 1. The maximum absolute atomic E-state index is 13.6. The number of hydrogen-bond donors (Lipinski definition) is 1. The van der Waals surface area contributed by atoms with Crippen molar-refractivity contribution in [2.75, 3.05) is 31.7 Å². The molecule has 1 heterocycles. The van der Waals surface area contributed by atoms with Gasteiger partial charge < -0.3 is 14.7 Å². The minimum atomic E-state index is -0.346. The Hall–Kier alpha value is -1.39. The molecule has 3 nitrogen and oxygen atoms in total. The van der Waals surface area contributed by atoms with Crippen molar-refractivity contribution in [1.29, 1.82) is 0 Å². The van der Waals surface area contributed by atoms with Crippen molar-refractivity contribution in [2.24, 2.45) is 0 Å². The maximum atomic E-state index is 13.6. The van der Waals surface area contributed by atoms with Gasteiger partial charge in [0.2, 0.25) is 0 Å². The van der Waals surface area contributed by atoms with Crippen molar-refractivity contribution in [2.45, 2.75) is 13.0 Å². The van der Waals surface area contributed by atoms with E-state index in [9.17, 15) is 9.50 Å². The second-order valence-corrected chi connectivity index (χ2v) is 4.39. The highest BCUT2D eigenvalue weighted by atomic mass is 19.1. The minimum Gasteiger partial charge on any atom is -0.391 e. The minimum absolute atomic E-state index is 0.271. The molecule has 0 saturated heterocycles. The standard InChI is InChI=1S/C14H18FNO2/c1-18-10-11-5-7-16(8-6-11)14-4-2-3-13(15)12(14)9-17/h2-5,17H,6-10H2,1H3. The van der Waals surface area contributed by atoms with Crippen LogP contribution in [0, 0.1) is 5.82 Å². The molecule has 0 bridgehead atoms. The summed E-state index contributed by atoms with van der Waals surface area (Å²) in [5.74, 6) is -0.346. The maximum Gasteiger partial charge on any atom is 0.130 e. The summed E-state index contributed by atoms with van der Waals surface area (Å²) in [5, 5.41) is 9.26. The number of anilines is 1. The van der Waals surface area contributed by atoms with Crippen molar-refractivity contribution >= 4 is 5.69 Å². The van der Waals surface area contributed by atoms with Crippen LogP contribution in [0.3, 0.4) is 0 Å². The van der Waals surface area contributed by atoms with E-state index in [2.05, 4.69) is 11.0 Å². The number of hydrogen-bond acceptors (Lipinski definition) is 3. The third kappa shape index (κ3) is 2.71. The molecule has 0 amide bonds. The van der Waals surface area contributed by atoms with E-state index in [0.717, 1.165) is 25.2 Å². The quantitative estimate of drug-likeness (QED) is 0.832. The molecule has 2 rings (SSSR count). The zero-order valence-electron chi connectivity index (χ0n) is 10.5. The molecule has 4 heteroatoms. The Morgan fingerprint density at radius 3 is 2.89 bits per heavy atom. The second kappa shape index (κ2) is 5.98. The summed E-state index contributed by atoms with van der Waals surface area (Å²) < 4.78 is 18.7. The number of benzene rings is 1. The van der Waals surface area contributed by atoms with Crippen molar-refractivity contribution in [1.82, 2.24) is 0 Å². The van der Waals surface area contributed by atoms with Gasteiger partial charge in [0.1, 0.15) is 5.82 Å². The summed E-state index contributed by atoms with van der Waals surface area (Å²) in [6.45, 7) is 1.94. The molecule has 0 fully saturated rings. The zero-order chi connectivity index (χ0) is 13.0. The molecule has 0 unspecified atom stereocenters. The molecule has 1 N–H and O–H groups in total. The van der Waals surface area contributed by atoms with Crippen molar-refractivity contribution in [3.8, 4) is 0 Å². The summed E-state index contributed by atoms with van der Waals surface area (Å²) in [4.78, 5) is 2.08. The fourth-order valence-electron chi connectivity index (χ4n) is 2.25. The summed E-state index contributed by atoms with van der Waals surface area (Å²) in [5.41, 5.74) is 2.43. The number of methoxy groups -OCH3 is 1. The lowest BCUT2D eigenvalue weighted by Crippen LogP contribution is -2.30. The number of rotatable bonds is 4. The van der Waals surface area contributed by atoms with Gasteiger partial charge in [0.15, 0.2) is 0 Å². The fourth-order valence-corrected chi connectivity index (χ4v) is 2.25. The zero-order valence-corrected chi connectivity index (χ0v) is 10.5. The molecule has 1 aliphatic heterocycles. The average Bonchev–Trinajstić information content (AvgIpc) is 2.40. The molecular formula is C14H18FNO2. The SMILES string of the molecule is COCC1=CCN(c2cccc(F)c2CO)CC1. The van der Waals surface area contributed by atoms with E-state index in [4.69, 9.17) is 4.74 Å². The third-order valence-corrected chi connectivity index (χ3v) is 3.23. The summed E-state index contributed by atoms with van der Waals surface area (Å²) in [6.07, 6.45) is 3.02. The van der Waals surface area contributed by atoms with E-state index in [0.29, 0.717) is 12.2 Å². The monoisotopic (exact) mass is 251 g/mol. The van der Waals surface area contributed by atoms with Crippen molar-refractivity contribution in [3.63, 3.8) is 0 Å². The highest BCUT2D eigenvalue weighted by Crippen LogP contribution is 2.26. The van der Waals surface area contributed by atoms with E-state index in [1.807, 2.05) is 6.07 Å². The number of halogens is 1. The van der Waals surface area contributed by atoms with E-state index in [1.54, 1.807) is 13.2 Å². The van der Waals surface area contributed by atoms with Gasteiger partial charge in [-0.05, 0) is 24.1 Å². The Balaban J connectivity index is 2.17. The molecule has 0 saturated carbocycles. The lowest BCUT2D eigenvalue weighted by Gasteiger charge is -2.30.